The summed E-state index contributed by atoms with van der Waals surface area (Å²) in [5.74, 6) is -0.544. The summed E-state index contributed by atoms with van der Waals surface area (Å²) in [7, 11) is -3.23. The molecule has 0 saturated carbocycles. The Balaban J connectivity index is 1.83. The Labute approximate surface area is 147 Å². The van der Waals surface area contributed by atoms with Gasteiger partial charge in [-0.05, 0) is 18.1 Å². The van der Waals surface area contributed by atoms with E-state index in [1.54, 1.807) is 17.0 Å². The summed E-state index contributed by atoms with van der Waals surface area (Å²) in [6.07, 6.45) is 1.25. The highest BCUT2D eigenvalue weighted by Crippen LogP contribution is 2.26. The van der Waals surface area contributed by atoms with E-state index in [0.717, 1.165) is 11.8 Å². The molecule has 0 bridgehead atoms. The minimum absolute atomic E-state index is 0.106. The maximum atomic E-state index is 13.0. The predicted octanol–water partition coefficient (Wildman–Crippen LogP) is 0.305. The van der Waals surface area contributed by atoms with Gasteiger partial charge in [-0.25, -0.2) is 8.42 Å². The predicted molar refractivity (Wildman–Crippen MR) is 91.8 cm³/mol. The van der Waals surface area contributed by atoms with Crippen molar-refractivity contribution in [2.75, 3.05) is 38.3 Å². The van der Waals surface area contributed by atoms with Crippen LogP contribution in [0.2, 0.25) is 0 Å². The number of carbonyl (C=O) groups excluding carboxylic acids is 2. The molecule has 136 valence electrons. The molecule has 0 aliphatic carbocycles. The quantitative estimate of drug-likeness (QED) is 0.749. The second kappa shape index (κ2) is 7.13. The maximum absolute atomic E-state index is 13.0. The Bertz CT molecular complexity index is 771. The lowest BCUT2D eigenvalue weighted by Gasteiger charge is -2.34. The number of hydrogen-bond donors (Lipinski definition) is 0. The van der Waals surface area contributed by atoms with Crippen LogP contribution in [0.15, 0.2) is 24.3 Å². The Kier molecular flexibility index (Phi) is 5.10. The molecule has 7 nitrogen and oxygen atoms in total. The Morgan fingerprint density at radius 1 is 1.24 bits per heavy atom. The number of rotatable bonds is 5. The van der Waals surface area contributed by atoms with Crippen molar-refractivity contribution >= 4 is 21.7 Å². The highest BCUT2D eigenvalue weighted by atomic mass is 32.2. The monoisotopic (exact) mass is 366 g/mol. The third kappa shape index (κ3) is 4.01. The first kappa shape index (κ1) is 17.9. The molecular weight excluding hydrogens is 344 g/mol. The number of nitrogens with zero attached hydrogens (tertiary/aromatic N) is 2. The molecule has 0 spiro atoms. The summed E-state index contributed by atoms with van der Waals surface area (Å²) in [6.45, 7) is 2.17. The van der Waals surface area contributed by atoms with Gasteiger partial charge in [-0.15, -0.1) is 0 Å². The van der Waals surface area contributed by atoms with E-state index >= 15 is 0 Å². The fourth-order valence-corrected chi connectivity index (χ4v) is 3.91. The van der Waals surface area contributed by atoms with Gasteiger partial charge in [0, 0.05) is 31.5 Å². The van der Waals surface area contributed by atoms with Crippen molar-refractivity contribution in [3.63, 3.8) is 0 Å². The Morgan fingerprint density at radius 2 is 1.92 bits per heavy atom. The summed E-state index contributed by atoms with van der Waals surface area (Å²) in [5, 5.41) is 0. The van der Waals surface area contributed by atoms with Crippen LogP contribution in [0.4, 0.5) is 0 Å². The first-order chi connectivity index (χ1) is 11.9. The van der Waals surface area contributed by atoms with Crippen LogP contribution in [0, 0.1) is 0 Å². The minimum Gasteiger partial charge on any atom is -0.378 e. The van der Waals surface area contributed by atoms with E-state index in [4.69, 9.17) is 4.74 Å². The average Bonchev–Trinajstić information content (AvgIpc) is 2.92. The molecule has 2 amide bonds. The molecule has 2 aliphatic rings. The fourth-order valence-electron chi connectivity index (χ4n) is 3.26. The highest BCUT2D eigenvalue weighted by molar-refractivity contribution is 7.90. The standard InChI is InChI=1S/C17H22N2O5S/c1-25(22,23)11-6-15(17(21)18-7-9-24-10-8-18)19-12-13-4-2-3-5-14(13)16(19)20/h2-5,15H,6-12H2,1H3/t15-/m1/s1. The van der Waals surface area contributed by atoms with Crippen molar-refractivity contribution < 1.29 is 22.7 Å². The lowest BCUT2D eigenvalue weighted by molar-refractivity contribution is -0.140. The van der Waals surface area contributed by atoms with E-state index in [1.165, 1.54) is 4.90 Å². The van der Waals surface area contributed by atoms with E-state index in [0.29, 0.717) is 38.4 Å². The number of carbonyl (C=O) groups is 2. The normalized spacial score (nSPS) is 19.0. The average molecular weight is 366 g/mol. The molecule has 1 atom stereocenters. The number of sulfone groups is 1. The van der Waals surface area contributed by atoms with Crippen molar-refractivity contribution in [2.24, 2.45) is 0 Å². The highest BCUT2D eigenvalue weighted by Gasteiger charge is 2.38. The first-order valence-electron chi connectivity index (χ1n) is 8.30. The fraction of sp³-hybridized carbons (Fsp3) is 0.529. The van der Waals surface area contributed by atoms with Crippen molar-refractivity contribution in [3.05, 3.63) is 35.4 Å². The van der Waals surface area contributed by atoms with Crippen molar-refractivity contribution in [3.8, 4) is 0 Å². The van der Waals surface area contributed by atoms with Crippen LogP contribution >= 0.6 is 0 Å². The van der Waals surface area contributed by atoms with Crippen molar-refractivity contribution in [1.29, 1.82) is 0 Å². The molecule has 2 aliphatic heterocycles. The van der Waals surface area contributed by atoms with Gasteiger partial charge >= 0.3 is 0 Å². The molecule has 0 unspecified atom stereocenters. The first-order valence-corrected chi connectivity index (χ1v) is 10.4. The molecule has 8 heteroatoms. The zero-order valence-electron chi connectivity index (χ0n) is 14.2. The van der Waals surface area contributed by atoms with Crippen LogP contribution in [0.1, 0.15) is 22.3 Å². The number of fused-ring (bicyclic) bond motifs is 1. The number of benzene rings is 1. The van der Waals surface area contributed by atoms with Gasteiger partial charge in [0.2, 0.25) is 5.91 Å². The van der Waals surface area contributed by atoms with Crippen LogP contribution < -0.4 is 0 Å². The van der Waals surface area contributed by atoms with Crippen LogP contribution in [0.5, 0.6) is 0 Å². The number of amides is 2. The number of ether oxygens (including phenoxy) is 1. The zero-order chi connectivity index (χ0) is 18.0. The second-order valence-electron chi connectivity index (χ2n) is 6.46. The topological polar surface area (TPSA) is 84.0 Å². The molecule has 2 heterocycles. The summed E-state index contributed by atoms with van der Waals surface area (Å²) in [4.78, 5) is 28.9. The third-order valence-corrected chi connectivity index (χ3v) is 5.57. The molecule has 0 N–H and O–H groups in total. The lowest BCUT2D eigenvalue weighted by atomic mass is 10.1. The van der Waals surface area contributed by atoms with E-state index < -0.39 is 15.9 Å². The van der Waals surface area contributed by atoms with Gasteiger partial charge in [0.05, 0.1) is 19.0 Å². The van der Waals surface area contributed by atoms with Crippen molar-refractivity contribution in [2.45, 2.75) is 19.0 Å². The number of morpholine rings is 1. The molecule has 3 rings (SSSR count). The van der Waals surface area contributed by atoms with Crippen LogP contribution in [0.25, 0.3) is 0 Å². The van der Waals surface area contributed by atoms with Crippen LogP contribution in [0.3, 0.4) is 0 Å². The summed E-state index contributed by atoms with van der Waals surface area (Å²) >= 11 is 0. The van der Waals surface area contributed by atoms with E-state index in [9.17, 15) is 18.0 Å². The smallest absolute Gasteiger partial charge is 0.255 e. The second-order valence-corrected chi connectivity index (χ2v) is 8.72. The lowest BCUT2D eigenvalue weighted by Crippen LogP contribution is -2.52. The third-order valence-electron chi connectivity index (χ3n) is 4.60. The summed E-state index contributed by atoms with van der Waals surface area (Å²) < 4.78 is 28.5. The van der Waals surface area contributed by atoms with Gasteiger partial charge in [0.25, 0.3) is 5.91 Å². The molecule has 1 fully saturated rings. The maximum Gasteiger partial charge on any atom is 0.255 e. The molecular formula is C17H22N2O5S. The van der Waals surface area contributed by atoms with Gasteiger partial charge in [-0.1, -0.05) is 18.2 Å². The minimum atomic E-state index is -3.23. The van der Waals surface area contributed by atoms with Gasteiger partial charge in [-0.2, -0.15) is 0 Å². The van der Waals surface area contributed by atoms with Crippen LogP contribution in [-0.2, 0) is 25.9 Å². The molecule has 1 aromatic carbocycles. The van der Waals surface area contributed by atoms with Gasteiger partial charge < -0.3 is 14.5 Å². The Hall–Kier alpha value is -1.93. The zero-order valence-corrected chi connectivity index (χ0v) is 15.0. The summed E-state index contributed by atoms with van der Waals surface area (Å²) in [6, 6.07) is 6.47. The summed E-state index contributed by atoms with van der Waals surface area (Å²) in [5.41, 5.74) is 1.45. The number of hydrogen-bond acceptors (Lipinski definition) is 5. The molecule has 0 aromatic heterocycles. The van der Waals surface area contributed by atoms with Gasteiger partial charge in [-0.3, -0.25) is 9.59 Å². The van der Waals surface area contributed by atoms with Gasteiger partial charge in [0.1, 0.15) is 15.9 Å². The molecule has 1 aromatic rings. The van der Waals surface area contributed by atoms with Crippen molar-refractivity contribution in [1.82, 2.24) is 9.80 Å². The largest absolute Gasteiger partial charge is 0.378 e. The molecule has 0 radical (unpaired) electrons. The van der Waals surface area contributed by atoms with E-state index in [-0.39, 0.29) is 24.0 Å². The molecule has 25 heavy (non-hydrogen) atoms. The van der Waals surface area contributed by atoms with Gasteiger partial charge in [0.15, 0.2) is 0 Å². The molecule has 1 saturated heterocycles. The van der Waals surface area contributed by atoms with E-state index in [2.05, 4.69) is 0 Å². The SMILES string of the molecule is CS(=O)(=O)CC[C@H](C(=O)N1CCOCC1)N1Cc2ccccc2C1=O. The van der Waals surface area contributed by atoms with E-state index in [1.807, 2.05) is 12.1 Å². The van der Waals surface area contributed by atoms with Crippen LogP contribution in [-0.4, -0.2) is 74.4 Å². The Morgan fingerprint density at radius 3 is 2.56 bits per heavy atom.